The molecule has 1 aliphatic rings. The summed E-state index contributed by atoms with van der Waals surface area (Å²) in [7, 11) is 0. The van der Waals surface area contributed by atoms with Crippen LogP contribution in [0.15, 0.2) is 22.7 Å². The van der Waals surface area contributed by atoms with Gasteiger partial charge >= 0.3 is 5.97 Å². The number of benzene rings is 1. The van der Waals surface area contributed by atoms with E-state index in [-0.39, 0.29) is 12.4 Å². The summed E-state index contributed by atoms with van der Waals surface area (Å²) in [4.78, 5) is 14.8. The zero-order valence-electron chi connectivity index (χ0n) is 11.2. The lowest BCUT2D eigenvalue weighted by atomic mass is 10.2. The van der Waals surface area contributed by atoms with Gasteiger partial charge in [0.25, 0.3) is 0 Å². The minimum Gasteiger partial charge on any atom is -0.480 e. The van der Waals surface area contributed by atoms with Crippen LogP contribution in [0.1, 0.15) is 12.0 Å². The Morgan fingerprint density at radius 2 is 1.95 bits per heavy atom. The first-order valence-electron chi connectivity index (χ1n) is 6.65. The van der Waals surface area contributed by atoms with Crippen molar-refractivity contribution in [2.24, 2.45) is 0 Å². The van der Waals surface area contributed by atoms with Crippen molar-refractivity contribution in [3.8, 4) is 0 Å². The lowest BCUT2D eigenvalue weighted by Gasteiger charge is -2.21. The predicted octanol–water partition coefficient (Wildman–Crippen LogP) is 2.18. The number of hydrogen-bond donors (Lipinski definition) is 1. The maximum Gasteiger partial charge on any atom is 0.317 e. The minimum absolute atomic E-state index is 0.0838. The minimum atomic E-state index is -0.794. The second kappa shape index (κ2) is 7.15. The molecule has 4 nitrogen and oxygen atoms in total. The summed E-state index contributed by atoms with van der Waals surface area (Å²) in [6, 6.07) is 5.11. The van der Waals surface area contributed by atoms with E-state index in [4.69, 9.17) is 5.11 Å². The third-order valence-electron chi connectivity index (χ3n) is 3.45. The number of carboxylic acid groups (broad SMARTS) is 1. The van der Waals surface area contributed by atoms with Crippen LogP contribution in [0.4, 0.5) is 4.39 Å². The summed E-state index contributed by atoms with van der Waals surface area (Å²) < 4.78 is 14.5. The highest BCUT2D eigenvalue weighted by Gasteiger charge is 2.17. The molecule has 1 aliphatic heterocycles. The van der Waals surface area contributed by atoms with Gasteiger partial charge in [0, 0.05) is 36.2 Å². The normalized spacial score (nSPS) is 17.9. The molecule has 0 spiro atoms. The number of halogens is 2. The summed E-state index contributed by atoms with van der Waals surface area (Å²) in [5.41, 5.74) is 0.680. The van der Waals surface area contributed by atoms with Crippen molar-refractivity contribution in [3.63, 3.8) is 0 Å². The third-order valence-corrected chi connectivity index (χ3v) is 3.94. The molecule has 6 heteroatoms. The molecule has 0 atom stereocenters. The van der Waals surface area contributed by atoms with Gasteiger partial charge in [0.2, 0.25) is 0 Å². The number of aliphatic carboxylic acids is 1. The summed E-state index contributed by atoms with van der Waals surface area (Å²) in [6.45, 7) is 3.78. The van der Waals surface area contributed by atoms with Gasteiger partial charge in [-0.25, -0.2) is 4.39 Å². The fourth-order valence-corrected chi connectivity index (χ4v) is 2.76. The van der Waals surface area contributed by atoms with E-state index in [0.29, 0.717) is 18.7 Å². The van der Waals surface area contributed by atoms with Crippen LogP contribution in [-0.2, 0) is 11.3 Å². The molecule has 1 fully saturated rings. The Kier molecular flexibility index (Phi) is 5.51. The largest absolute Gasteiger partial charge is 0.480 e. The molecule has 1 saturated heterocycles. The van der Waals surface area contributed by atoms with Crippen LogP contribution in [0.2, 0.25) is 0 Å². The molecule has 0 aromatic heterocycles. The molecule has 110 valence electrons. The zero-order chi connectivity index (χ0) is 14.5. The lowest BCUT2D eigenvalue weighted by molar-refractivity contribution is -0.138. The maximum absolute atomic E-state index is 13.8. The number of nitrogens with zero attached hydrogens (tertiary/aromatic N) is 2. The van der Waals surface area contributed by atoms with Crippen molar-refractivity contribution >= 4 is 21.9 Å². The summed E-state index contributed by atoms with van der Waals surface area (Å²) in [6.07, 6.45) is 0.908. The Morgan fingerprint density at radius 3 is 2.65 bits per heavy atom. The van der Waals surface area contributed by atoms with Crippen LogP contribution in [0, 0.1) is 5.82 Å². The molecule has 20 heavy (non-hydrogen) atoms. The highest BCUT2D eigenvalue weighted by Crippen LogP contribution is 2.17. The van der Waals surface area contributed by atoms with Gasteiger partial charge in [-0.05, 0) is 25.1 Å². The Balaban J connectivity index is 1.92. The Labute approximate surface area is 126 Å². The third kappa shape index (κ3) is 4.54. The first-order valence-corrected chi connectivity index (χ1v) is 7.44. The van der Waals surface area contributed by atoms with E-state index < -0.39 is 5.97 Å². The first kappa shape index (κ1) is 15.4. The van der Waals surface area contributed by atoms with Gasteiger partial charge in [0.05, 0.1) is 6.54 Å². The second-order valence-electron chi connectivity index (χ2n) is 5.04. The number of carboxylic acids is 1. The van der Waals surface area contributed by atoms with Gasteiger partial charge in [-0.3, -0.25) is 14.6 Å². The molecule has 0 amide bonds. The summed E-state index contributed by atoms with van der Waals surface area (Å²) in [5.74, 6) is -0.997. The van der Waals surface area contributed by atoms with Gasteiger partial charge in [-0.1, -0.05) is 22.0 Å². The van der Waals surface area contributed by atoms with E-state index in [1.807, 2.05) is 11.0 Å². The van der Waals surface area contributed by atoms with Crippen LogP contribution < -0.4 is 0 Å². The topological polar surface area (TPSA) is 43.8 Å². The van der Waals surface area contributed by atoms with Crippen LogP contribution in [0.5, 0.6) is 0 Å². The molecule has 1 N–H and O–H groups in total. The van der Waals surface area contributed by atoms with Crippen molar-refractivity contribution in [1.82, 2.24) is 9.80 Å². The average Bonchev–Trinajstić information content (AvgIpc) is 2.58. The summed E-state index contributed by atoms with van der Waals surface area (Å²) >= 11 is 3.25. The molecule has 0 bridgehead atoms. The lowest BCUT2D eigenvalue weighted by Crippen LogP contribution is -2.34. The van der Waals surface area contributed by atoms with E-state index >= 15 is 0 Å². The highest BCUT2D eigenvalue weighted by atomic mass is 79.9. The number of carbonyl (C=O) groups is 1. The summed E-state index contributed by atoms with van der Waals surface area (Å²) in [5, 5.41) is 8.81. The van der Waals surface area contributed by atoms with Crippen molar-refractivity contribution in [1.29, 1.82) is 0 Å². The van der Waals surface area contributed by atoms with Crippen molar-refractivity contribution < 1.29 is 14.3 Å². The van der Waals surface area contributed by atoms with Gasteiger partial charge < -0.3 is 5.11 Å². The zero-order valence-corrected chi connectivity index (χ0v) is 12.8. The monoisotopic (exact) mass is 344 g/mol. The van der Waals surface area contributed by atoms with Gasteiger partial charge in [0.1, 0.15) is 5.82 Å². The van der Waals surface area contributed by atoms with Gasteiger partial charge in [-0.15, -0.1) is 0 Å². The van der Waals surface area contributed by atoms with E-state index in [1.165, 1.54) is 6.07 Å². The van der Waals surface area contributed by atoms with Crippen LogP contribution >= 0.6 is 15.9 Å². The predicted molar refractivity (Wildman–Crippen MR) is 78.1 cm³/mol. The molecule has 2 rings (SSSR count). The number of hydrogen-bond acceptors (Lipinski definition) is 3. The van der Waals surface area contributed by atoms with E-state index in [9.17, 15) is 9.18 Å². The highest BCUT2D eigenvalue weighted by molar-refractivity contribution is 9.10. The maximum atomic E-state index is 13.8. The van der Waals surface area contributed by atoms with Crippen LogP contribution in [0.3, 0.4) is 0 Å². The second-order valence-corrected chi connectivity index (χ2v) is 5.95. The SMILES string of the molecule is O=C(O)CN1CCCN(Cc2ccc(Br)cc2F)CC1. The smallest absolute Gasteiger partial charge is 0.317 e. The molecular formula is C14H18BrFN2O2. The van der Waals surface area contributed by atoms with Crippen LogP contribution in [0.25, 0.3) is 0 Å². The fraction of sp³-hybridized carbons (Fsp3) is 0.500. The van der Waals surface area contributed by atoms with E-state index in [2.05, 4.69) is 20.8 Å². The van der Waals surface area contributed by atoms with Crippen molar-refractivity contribution in [2.45, 2.75) is 13.0 Å². The molecule has 0 radical (unpaired) electrons. The molecule has 0 aliphatic carbocycles. The van der Waals surface area contributed by atoms with Gasteiger partial charge in [-0.2, -0.15) is 0 Å². The van der Waals surface area contributed by atoms with Crippen molar-refractivity contribution in [2.75, 3.05) is 32.7 Å². The van der Waals surface area contributed by atoms with Crippen molar-refractivity contribution in [3.05, 3.63) is 34.1 Å². The standard InChI is InChI=1S/C14H18BrFN2O2/c15-12-3-2-11(13(16)8-12)9-17-4-1-5-18(7-6-17)10-14(19)20/h2-3,8H,1,4-7,9-10H2,(H,19,20). The Morgan fingerprint density at radius 1 is 1.25 bits per heavy atom. The molecule has 1 heterocycles. The Hall–Kier alpha value is -0.980. The van der Waals surface area contributed by atoms with E-state index in [1.54, 1.807) is 6.07 Å². The molecular weight excluding hydrogens is 327 g/mol. The quantitative estimate of drug-likeness (QED) is 0.909. The first-order chi connectivity index (χ1) is 9.54. The molecule has 1 aromatic rings. The molecule has 1 aromatic carbocycles. The van der Waals surface area contributed by atoms with Crippen LogP contribution in [-0.4, -0.2) is 53.6 Å². The number of rotatable bonds is 4. The molecule has 0 saturated carbocycles. The molecule has 0 unspecified atom stereocenters. The van der Waals surface area contributed by atoms with Gasteiger partial charge in [0.15, 0.2) is 0 Å². The fourth-order valence-electron chi connectivity index (χ4n) is 2.42. The van der Waals surface area contributed by atoms with E-state index in [0.717, 1.165) is 30.5 Å². The Bertz CT molecular complexity index is 484. The average molecular weight is 345 g/mol.